The zero-order valence-corrected chi connectivity index (χ0v) is 11.9. The van der Waals surface area contributed by atoms with Gasteiger partial charge in [0.05, 0.1) is 12.3 Å². The highest BCUT2D eigenvalue weighted by Gasteiger charge is 2.28. The van der Waals surface area contributed by atoms with Gasteiger partial charge in [-0.05, 0) is 12.8 Å². The maximum atomic E-state index is 12.4. The van der Waals surface area contributed by atoms with E-state index in [1.165, 1.54) is 11.8 Å². The molecule has 0 aromatic carbocycles. The summed E-state index contributed by atoms with van der Waals surface area (Å²) in [5, 5.41) is 17.7. The fourth-order valence-electron chi connectivity index (χ4n) is 2.54. The molecular weight excluding hydrogens is 262 g/mol. The molecule has 0 radical (unpaired) electrons. The summed E-state index contributed by atoms with van der Waals surface area (Å²) < 4.78 is 0. The van der Waals surface area contributed by atoms with E-state index in [9.17, 15) is 14.4 Å². The lowest BCUT2D eigenvalue weighted by Crippen LogP contribution is -2.42. The summed E-state index contributed by atoms with van der Waals surface area (Å²) in [7, 11) is 0. The molecule has 1 fully saturated rings. The lowest BCUT2D eigenvalue weighted by molar-refractivity contribution is -0.144. The highest BCUT2D eigenvalue weighted by molar-refractivity contribution is 5.80. The van der Waals surface area contributed by atoms with Crippen molar-refractivity contribution in [3.05, 3.63) is 0 Å². The number of hydrogen-bond donors (Lipinski definition) is 2. The predicted molar refractivity (Wildman–Crippen MR) is 72.2 cm³/mol. The molecular formula is C14H23NO5. The second-order valence-electron chi connectivity index (χ2n) is 5.50. The summed E-state index contributed by atoms with van der Waals surface area (Å²) in [5.74, 6) is -2.79. The molecule has 114 valence electrons. The number of carboxylic acid groups (broad SMARTS) is 2. The molecule has 0 aromatic heterocycles. The summed E-state index contributed by atoms with van der Waals surface area (Å²) in [6, 6.07) is 0. The van der Waals surface area contributed by atoms with E-state index in [0.717, 1.165) is 32.1 Å². The largest absolute Gasteiger partial charge is 0.481 e. The second-order valence-corrected chi connectivity index (χ2v) is 5.50. The van der Waals surface area contributed by atoms with E-state index in [4.69, 9.17) is 10.2 Å². The quantitative estimate of drug-likeness (QED) is 0.740. The molecule has 0 heterocycles. The Morgan fingerprint density at radius 1 is 1.15 bits per heavy atom. The number of amides is 1. The maximum Gasteiger partial charge on any atom is 0.308 e. The van der Waals surface area contributed by atoms with Gasteiger partial charge in [-0.25, -0.2) is 0 Å². The minimum atomic E-state index is -0.977. The zero-order valence-electron chi connectivity index (χ0n) is 11.9. The summed E-state index contributed by atoms with van der Waals surface area (Å²) in [4.78, 5) is 35.4. The van der Waals surface area contributed by atoms with Gasteiger partial charge in [-0.3, -0.25) is 14.4 Å². The number of carboxylic acids is 2. The first kappa shape index (κ1) is 16.5. The van der Waals surface area contributed by atoms with E-state index in [1.54, 1.807) is 0 Å². The topological polar surface area (TPSA) is 94.9 Å². The van der Waals surface area contributed by atoms with E-state index >= 15 is 0 Å². The molecule has 20 heavy (non-hydrogen) atoms. The Labute approximate surface area is 118 Å². The maximum absolute atomic E-state index is 12.4. The van der Waals surface area contributed by atoms with Crippen molar-refractivity contribution in [2.45, 2.75) is 45.4 Å². The van der Waals surface area contributed by atoms with E-state index in [-0.39, 0.29) is 31.3 Å². The first-order valence-electron chi connectivity index (χ1n) is 7.15. The van der Waals surface area contributed by atoms with Crippen LogP contribution in [0.15, 0.2) is 0 Å². The minimum absolute atomic E-state index is 0.0708. The van der Waals surface area contributed by atoms with Crippen LogP contribution in [0.3, 0.4) is 0 Å². The van der Waals surface area contributed by atoms with E-state index < -0.39 is 17.9 Å². The number of carbonyl (C=O) groups is 3. The Morgan fingerprint density at radius 2 is 1.75 bits per heavy atom. The van der Waals surface area contributed by atoms with E-state index in [2.05, 4.69) is 0 Å². The third-order valence-electron chi connectivity index (χ3n) is 3.78. The molecule has 1 saturated carbocycles. The smallest absolute Gasteiger partial charge is 0.308 e. The van der Waals surface area contributed by atoms with E-state index in [1.807, 2.05) is 0 Å². The van der Waals surface area contributed by atoms with Gasteiger partial charge in [0.25, 0.3) is 0 Å². The Balaban J connectivity index is 2.66. The Hall–Kier alpha value is -1.59. The van der Waals surface area contributed by atoms with E-state index in [0.29, 0.717) is 0 Å². The standard InChI is InChI=1S/C14H23NO5/c1-10(14(19)20)9-15(8-7-12(16)17)13(18)11-5-3-2-4-6-11/h10-11H,2-9H2,1H3,(H,16,17)(H,19,20). The molecule has 0 saturated heterocycles. The molecule has 0 aliphatic heterocycles. The van der Waals surface area contributed by atoms with Crippen molar-refractivity contribution in [3.63, 3.8) is 0 Å². The summed E-state index contributed by atoms with van der Waals surface area (Å²) in [6.07, 6.45) is 4.65. The number of nitrogens with zero attached hydrogens (tertiary/aromatic N) is 1. The highest BCUT2D eigenvalue weighted by Crippen LogP contribution is 2.25. The molecule has 2 N–H and O–H groups in total. The first-order chi connectivity index (χ1) is 9.41. The molecule has 6 nitrogen and oxygen atoms in total. The molecule has 1 aliphatic carbocycles. The molecule has 0 aromatic rings. The molecule has 1 unspecified atom stereocenters. The van der Waals surface area contributed by atoms with Gasteiger partial charge in [0.1, 0.15) is 0 Å². The van der Waals surface area contributed by atoms with Gasteiger partial charge in [0, 0.05) is 19.0 Å². The lowest BCUT2D eigenvalue weighted by Gasteiger charge is -2.30. The Bertz CT molecular complexity index is 363. The summed E-state index contributed by atoms with van der Waals surface area (Å²) in [5.41, 5.74) is 0. The van der Waals surface area contributed by atoms with Crippen LogP contribution >= 0.6 is 0 Å². The Morgan fingerprint density at radius 3 is 2.25 bits per heavy atom. The molecule has 0 bridgehead atoms. The summed E-state index contributed by atoms with van der Waals surface area (Å²) in [6.45, 7) is 1.70. The number of carbonyl (C=O) groups excluding carboxylic acids is 1. The summed E-state index contributed by atoms with van der Waals surface area (Å²) >= 11 is 0. The highest BCUT2D eigenvalue weighted by atomic mass is 16.4. The van der Waals surface area contributed by atoms with Gasteiger partial charge in [-0.1, -0.05) is 26.2 Å². The van der Waals surface area contributed by atoms with Crippen LogP contribution in [-0.4, -0.2) is 46.0 Å². The third kappa shape index (κ3) is 5.19. The normalized spacial score (nSPS) is 17.4. The predicted octanol–water partition coefficient (Wildman–Crippen LogP) is 1.59. The SMILES string of the molecule is CC(CN(CCC(=O)O)C(=O)C1CCCCC1)C(=O)O. The van der Waals surface area contributed by atoms with Crippen molar-refractivity contribution in [2.24, 2.45) is 11.8 Å². The average Bonchev–Trinajstić information content (AvgIpc) is 2.43. The third-order valence-corrected chi connectivity index (χ3v) is 3.78. The van der Waals surface area contributed by atoms with Crippen LogP contribution in [0, 0.1) is 11.8 Å². The fourth-order valence-corrected chi connectivity index (χ4v) is 2.54. The molecule has 1 aliphatic rings. The van der Waals surface area contributed by atoms with Crippen LogP contribution in [0.4, 0.5) is 0 Å². The van der Waals surface area contributed by atoms with Gasteiger partial charge >= 0.3 is 11.9 Å². The van der Waals surface area contributed by atoms with Gasteiger partial charge in [-0.2, -0.15) is 0 Å². The van der Waals surface area contributed by atoms with Crippen LogP contribution < -0.4 is 0 Å². The molecule has 0 spiro atoms. The minimum Gasteiger partial charge on any atom is -0.481 e. The van der Waals surface area contributed by atoms with Crippen molar-refractivity contribution in [1.82, 2.24) is 4.90 Å². The zero-order chi connectivity index (χ0) is 15.1. The van der Waals surface area contributed by atoms with Gasteiger partial charge < -0.3 is 15.1 Å². The van der Waals surface area contributed by atoms with Crippen molar-refractivity contribution in [3.8, 4) is 0 Å². The van der Waals surface area contributed by atoms with Crippen molar-refractivity contribution >= 4 is 17.8 Å². The van der Waals surface area contributed by atoms with Gasteiger partial charge in [0.15, 0.2) is 0 Å². The second kappa shape index (κ2) is 7.87. The monoisotopic (exact) mass is 285 g/mol. The number of hydrogen-bond acceptors (Lipinski definition) is 3. The lowest BCUT2D eigenvalue weighted by atomic mass is 9.88. The molecule has 1 rings (SSSR count). The van der Waals surface area contributed by atoms with Gasteiger partial charge in [-0.15, -0.1) is 0 Å². The first-order valence-corrected chi connectivity index (χ1v) is 7.15. The van der Waals surface area contributed by atoms with Crippen LogP contribution in [0.5, 0.6) is 0 Å². The number of aliphatic carboxylic acids is 2. The molecule has 1 atom stereocenters. The van der Waals surface area contributed by atoms with Crippen LogP contribution in [0.2, 0.25) is 0 Å². The van der Waals surface area contributed by atoms with Crippen LogP contribution in [-0.2, 0) is 14.4 Å². The fraction of sp³-hybridized carbons (Fsp3) is 0.786. The van der Waals surface area contributed by atoms with Crippen LogP contribution in [0.25, 0.3) is 0 Å². The average molecular weight is 285 g/mol. The number of rotatable bonds is 7. The molecule has 6 heteroatoms. The van der Waals surface area contributed by atoms with Gasteiger partial charge in [0.2, 0.25) is 5.91 Å². The Kier molecular flexibility index (Phi) is 6.48. The van der Waals surface area contributed by atoms with Crippen molar-refractivity contribution in [2.75, 3.05) is 13.1 Å². The van der Waals surface area contributed by atoms with Crippen LogP contribution in [0.1, 0.15) is 45.4 Å². The van der Waals surface area contributed by atoms with Crippen molar-refractivity contribution < 1.29 is 24.6 Å². The molecule has 1 amide bonds. The van der Waals surface area contributed by atoms with Crippen molar-refractivity contribution in [1.29, 1.82) is 0 Å².